The van der Waals surface area contributed by atoms with E-state index in [0.29, 0.717) is 29.4 Å². The van der Waals surface area contributed by atoms with E-state index in [1.54, 1.807) is 37.4 Å². The smallest absolute Gasteiger partial charge is 0.251 e. The van der Waals surface area contributed by atoms with Crippen LogP contribution in [0.3, 0.4) is 0 Å². The summed E-state index contributed by atoms with van der Waals surface area (Å²) in [5.74, 6) is 1.86. The SMILES string of the molecule is COc1ccc(C(=O)NCc2cc(COc3cccc(C)c3)no2)cc1. The van der Waals surface area contributed by atoms with Crippen LogP contribution in [-0.4, -0.2) is 18.2 Å². The Balaban J connectivity index is 1.50. The molecule has 0 aliphatic heterocycles. The second kappa shape index (κ2) is 8.20. The van der Waals surface area contributed by atoms with E-state index in [4.69, 9.17) is 14.0 Å². The van der Waals surface area contributed by atoms with E-state index in [2.05, 4.69) is 10.5 Å². The monoisotopic (exact) mass is 352 g/mol. The lowest BCUT2D eigenvalue weighted by Crippen LogP contribution is -2.22. The van der Waals surface area contributed by atoms with Gasteiger partial charge in [0, 0.05) is 11.6 Å². The zero-order chi connectivity index (χ0) is 18.4. The molecule has 6 heteroatoms. The molecule has 2 aromatic carbocycles. The third kappa shape index (κ3) is 4.63. The quantitative estimate of drug-likeness (QED) is 0.704. The summed E-state index contributed by atoms with van der Waals surface area (Å²) in [5.41, 5.74) is 2.35. The predicted molar refractivity (Wildman–Crippen MR) is 96.2 cm³/mol. The molecule has 6 nitrogen and oxygen atoms in total. The molecule has 3 rings (SSSR count). The molecule has 26 heavy (non-hydrogen) atoms. The van der Waals surface area contributed by atoms with E-state index >= 15 is 0 Å². The van der Waals surface area contributed by atoms with Crippen molar-refractivity contribution in [3.8, 4) is 11.5 Å². The van der Waals surface area contributed by atoms with E-state index in [-0.39, 0.29) is 12.5 Å². The van der Waals surface area contributed by atoms with Crippen molar-refractivity contribution in [3.05, 3.63) is 77.2 Å². The number of benzene rings is 2. The van der Waals surface area contributed by atoms with Crippen molar-refractivity contribution in [1.82, 2.24) is 10.5 Å². The average Bonchev–Trinajstić information content (AvgIpc) is 3.12. The molecule has 0 aliphatic carbocycles. The Morgan fingerprint density at radius 1 is 1.12 bits per heavy atom. The Hall–Kier alpha value is -3.28. The molecule has 1 amide bonds. The summed E-state index contributed by atoms with van der Waals surface area (Å²) in [7, 11) is 1.58. The number of aryl methyl sites for hydroxylation is 1. The number of carbonyl (C=O) groups is 1. The van der Waals surface area contributed by atoms with Gasteiger partial charge in [0.05, 0.1) is 13.7 Å². The highest BCUT2D eigenvalue weighted by Gasteiger charge is 2.09. The van der Waals surface area contributed by atoms with Gasteiger partial charge in [0.1, 0.15) is 23.8 Å². The first-order valence-electron chi connectivity index (χ1n) is 8.20. The summed E-state index contributed by atoms with van der Waals surface area (Å²) in [6, 6.07) is 16.4. The van der Waals surface area contributed by atoms with E-state index in [0.717, 1.165) is 11.3 Å². The largest absolute Gasteiger partial charge is 0.497 e. The van der Waals surface area contributed by atoms with Crippen LogP contribution in [0.4, 0.5) is 0 Å². The third-order valence-corrected chi connectivity index (χ3v) is 3.76. The number of nitrogens with zero attached hydrogens (tertiary/aromatic N) is 1. The minimum atomic E-state index is -0.193. The highest BCUT2D eigenvalue weighted by atomic mass is 16.5. The van der Waals surface area contributed by atoms with Crippen molar-refractivity contribution in [1.29, 1.82) is 0 Å². The Labute approximate surface area is 151 Å². The molecule has 0 unspecified atom stereocenters. The minimum Gasteiger partial charge on any atom is -0.497 e. The van der Waals surface area contributed by atoms with Gasteiger partial charge >= 0.3 is 0 Å². The fraction of sp³-hybridized carbons (Fsp3) is 0.200. The van der Waals surface area contributed by atoms with Crippen LogP contribution in [0.5, 0.6) is 11.5 Å². The maximum atomic E-state index is 12.1. The molecule has 0 aliphatic rings. The molecular weight excluding hydrogens is 332 g/mol. The van der Waals surface area contributed by atoms with E-state index in [1.165, 1.54) is 0 Å². The van der Waals surface area contributed by atoms with Gasteiger partial charge in [0.15, 0.2) is 5.76 Å². The van der Waals surface area contributed by atoms with Crippen LogP contribution in [0, 0.1) is 6.92 Å². The van der Waals surface area contributed by atoms with Gasteiger partial charge in [-0.05, 0) is 48.9 Å². The van der Waals surface area contributed by atoms with Crippen LogP contribution in [0.15, 0.2) is 59.1 Å². The normalized spacial score (nSPS) is 10.4. The molecule has 0 bridgehead atoms. The zero-order valence-electron chi connectivity index (χ0n) is 14.7. The van der Waals surface area contributed by atoms with Gasteiger partial charge in [-0.15, -0.1) is 0 Å². The highest BCUT2D eigenvalue weighted by molar-refractivity contribution is 5.94. The molecule has 134 valence electrons. The topological polar surface area (TPSA) is 73.6 Å². The van der Waals surface area contributed by atoms with Gasteiger partial charge in [-0.25, -0.2) is 0 Å². The number of hydrogen-bond acceptors (Lipinski definition) is 5. The summed E-state index contributed by atoms with van der Waals surface area (Å²) in [5, 5.41) is 6.75. The summed E-state index contributed by atoms with van der Waals surface area (Å²) < 4.78 is 16.0. The van der Waals surface area contributed by atoms with Crippen LogP contribution in [0.25, 0.3) is 0 Å². The number of nitrogens with one attached hydrogen (secondary N) is 1. The van der Waals surface area contributed by atoms with Gasteiger partial charge in [-0.3, -0.25) is 4.79 Å². The first-order chi connectivity index (χ1) is 12.6. The molecule has 3 aromatic rings. The number of hydrogen-bond donors (Lipinski definition) is 1. The second-order valence-electron chi connectivity index (χ2n) is 5.80. The number of methoxy groups -OCH3 is 1. The summed E-state index contributed by atoms with van der Waals surface area (Å²) in [6.07, 6.45) is 0. The van der Waals surface area contributed by atoms with Gasteiger partial charge in [0.2, 0.25) is 0 Å². The van der Waals surface area contributed by atoms with Crippen LogP contribution >= 0.6 is 0 Å². The molecular formula is C20H20N2O4. The molecule has 1 N–H and O–H groups in total. The summed E-state index contributed by atoms with van der Waals surface area (Å²) in [6.45, 7) is 2.56. The number of rotatable bonds is 7. The number of carbonyl (C=O) groups excluding carboxylic acids is 1. The minimum absolute atomic E-state index is 0.193. The summed E-state index contributed by atoms with van der Waals surface area (Å²) >= 11 is 0. The highest BCUT2D eigenvalue weighted by Crippen LogP contribution is 2.15. The molecule has 1 aromatic heterocycles. The van der Waals surface area contributed by atoms with Crippen molar-refractivity contribution < 1.29 is 18.8 Å². The standard InChI is InChI=1S/C20H20N2O4/c1-14-4-3-5-18(10-14)25-13-16-11-19(26-22-16)12-21-20(23)15-6-8-17(24-2)9-7-15/h3-11H,12-13H2,1-2H3,(H,21,23). The summed E-state index contributed by atoms with van der Waals surface area (Å²) in [4.78, 5) is 12.1. The van der Waals surface area contributed by atoms with Crippen LogP contribution in [0.2, 0.25) is 0 Å². The first kappa shape index (κ1) is 17.5. The van der Waals surface area contributed by atoms with Gasteiger partial charge in [-0.2, -0.15) is 0 Å². The molecule has 0 radical (unpaired) electrons. The lowest BCUT2D eigenvalue weighted by molar-refractivity contribution is 0.0947. The van der Waals surface area contributed by atoms with E-state index in [1.807, 2.05) is 31.2 Å². The Morgan fingerprint density at radius 3 is 2.65 bits per heavy atom. The van der Waals surface area contributed by atoms with Crippen molar-refractivity contribution in [3.63, 3.8) is 0 Å². The van der Waals surface area contributed by atoms with Gasteiger partial charge in [0.25, 0.3) is 5.91 Å². The lowest BCUT2D eigenvalue weighted by Gasteiger charge is -2.04. The van der Waals surface area contributed by atoms with Crippen LogP contribution in [0.1, 0.15) is 27.4 Å². The predicted octanol–water partition coefficient (Wildman–Crippen LogP) is 3.50. The molecule has 0 spiro atoms. The van der Waals surface area contributed by atoms with E-state index in [9.17, 15) is 4.79 Å². The third-order valence-electron chi connectivity index (χ3n) is 3.76. The van der Waals surface area contributed by atoms with Gasteiger partial charge in [-0.1, -0.05) is 17.3 Å². The molecule has 0 saturated carbocycles. The average molecular weight is 352 g/mol. The first-order valence-corrected chi connectivity index (χ1v) is 8.20. The Bertz CT molecular complexity index is 872. The molecule has 0 fully saturated rings. The van der Waals surface area contributed by atoms with Crippen molar-refractivity contribution in [2.75, 3.05) is 7.11 Å². The molecule has 0 atom stereocenters. The fourth-order valence-electron chi connectivity index (χ4n) is 2.38. The van der Waals surface area contributed by atoms with Gasteiger partial charge < -0.3 is 19.3 Å². The molecule has 0 saturated heterocycles. The Kier molecular flexibility index (Phi) is 5.53. The fourth-order valence-corrected chi connectivity index (χ4v) is 2.38. The zero-order valence-corrected chi connectivity index (χ0v) is 14.7. The number of aromatic nitrogens is 1. The number of amides is 1. The van der Waals surface area contributed by atoms with Crippen molar-refractivity contribution in [2.24, 2.45) is 0 Å². The van der Waals surface area contributed by atoms with Crippen LogP contribution < -0.4 is 14.8 Å². The van der Waals surface area contributed by atoms with Crippen molar-refractivity contribution >= 4 is 5.91 Å². The van der Waals surface area contributed by atoms with Crippen LogP contribution in [-0.2, 0) is 13.2 Å². The number of ether oxygens (including phenoxy) is 2. The van der Waals surface area contributed by atoms with E-state index < -0.39 is 0 Å². The second-order valence-corrected chi connectivity index (χ2v) is 5.80. The maximum absolute atomic E-state index is 12.1. The molecule has 1 heterocycles. The Morgan fingerprint density at radius 2 is 1.92 bits per heavy atom. The maximum Gasteiger partial charge on any atom is 0.251 e. The van der Waals surface area contributed by atoms with Crippen molar-refractivity contribution in [2.45, 2.75) is 20.1 Å². The lowest BCUT2D eigenvalue weighted by atomic mass is 10.2.